The SMILES string of the molecule is CCC(C)c1cncc(C(C)(CC)CC)c1. The van der Waals surface area contributed by atoms with Crippen molar-refractivity contribution >= 4 is 0 Å². The molecule has 0 aliphatic heterocycles. The standard InChI is InChI=1S/C15H25N/c1-6-12(4)13-9-14(11-16-10-13)15(5,7-2)8-3/h9-12H,6-8H2,1-5H3. The van der Waals surface area contributed by atoms with E-state index in [4.69, 9.17) is 0 Å². The van der Waals surface area contributed by atoms with E-state index in [2.05, 4.69) is 45.7 Å². The lowest BCUT2D eigenvalue weighted by molar-refractivity contribution is 0.436. The average Bonchev–Trinajstić information content (AvgIpc) is 2.37. The Hall–Kier alpha value is -0.850. The van der Waals surface area contributed by atoms with Crippen molar-refractivity contribution in [3.63, 3.8) is 0 Å². The van der Waals surface area contributed by atoms with Gasteiger partial charge in [-0.15, -0.1) is 0 Å². The second-order valence-corrected chi connectivity index (χ2v) is 5.08. The Balaban J connectivity index is 3.06. The summed E-state index contributed by atoms with van der Waals surface area (Å²) >= 11 is 0. The summed E-state index contributed by atoms with van der Waals surface area (Å²) in [5.41, 5.74) is 3.07. The highest BCUT2D eigenvalue weighted by Crippen LogP contribution is 2.32. The van der Waals surface area contributed by atoms with Crippen LogP contribution in [0, 0.1) is 0 Å². The fraction of sp³-hybridized carbons (Fsp3) is 0.667. The van der Waals surface area contributed by atoms with Gasteiger partial charge in [-0.1, -0.05) is 40.7 Å². The van der Waals surface area contributed by atoms with Crippen LogP contribution in [0.5, 0.6) is 0 Å². The minimum Gasteiger partial charge on any atom is -0.264 e. The highest BCUT2D eigenvalue weighted by atomic mass is 14.6. The van der Waals surface area contributed by atoms with Gasteiger partial charge in [0.15, 0.2) is 0 Å². The summed E-state index contributed by atoms with van der Waals surface area (Å²) in [6.45, 7) is 11.4. The summed E-state index contributed by atoms with van der Waals surface area (Å²) in [4.78, 5) is 4.42. The van der Waals surface area contributed by atoms with Crippen LogP contribution in [-0.2, 0) is 5.41 Å². The summed E-state index contributed by atoms with van der Waals surface area (Å²) in [7, 11) is 0. The Bertz CT molecular complexity index is 326. The van der Waals surface area contributed by atoms with Gasteiger partial charge in [-0.25, -0.2) is 0 Å². The predicted octanol–water partition coefficient (Wildman–Crippen LogP) is 4.67. The van der Waals surface area contributed by atoms with Crippen LogP contribution in [0.25, 0.3) is 0 Å². The van der Waals surface area contributed by atoms with Gasteiger partial charge in [-0.05, 0) is 41.7 Å². The second kappa shape index (κ2) is 5.47. The van der Waals surface area contributed by atoms with Gasteiger partial charge in [-0.3, -0.25) is 4.98 Å². The quantitative estimate of drug-likeness (QED) is 0.701. The smallest absolute Gasteiger partial charge is 0.0305 e. The largest absolute Gasteiger partial charge is 0.264 e. The van der Waals surface area contributed by atoms with Crippen molar-refractivity contribution in [1.82, 2.24) is 4.98 Å². The van der Waals surface area contributed by atoms with Crippen LogP contribution in [0.4, 0.5) is 0 Å². The van der Waals surface area contributed by atoms with Crippen molar-refractivity contribution < 1.29 is 0 Å². The minimum absolute atomic E-state index is 0.288. The minimum atomic E-state index is 0.288. The van der Waals surface area contributed by atoms with E-state index in [-0.39, 0.29) is 5.41 Å². The van der Waals surface area contributed by atoms with Gasteiger partial charge in [0.2, 0.25) is 0 Å². The molecule has 0 aliphatic rings. The van der Waals surface area contributed by atoms with E-state index in [1.807, 2.05) is 12.4 Å². The van der Waals surface area contributed by atoms with Crippen LogP contribution in [0.3, 0.4) is 0 Å². The molecule has 0 aliphatic carbocycles. The molecular formula is C15H25N. The lowest BCUT2D eigenvalue weighted by atomic mass is 9.78. The van der Waals surface area contributed by atoms with Gasteiger partial charge in [0.1, 0.15) is 0 Å². The first-order chi connectivity index (χ1) is 7.57. The van der Waals surface area contributed by atoms with Crippen LogP contribution in [0.2, 0.25) is 0 Å². The third kappa shape index (κ3) is 2.63. The topological polar surface area (TPSA) is 12.9 Å². The third-order valence-electron chi connectivity index (χ3n) is 4.20. The molecule has 0 aromatic carbocycles. The summed E-state index contributed by atoms with van der Waals surface area (Å²) in [6, 6.07) is 2.36. The number of pyridine rings is 1. The maximum Gasteiger partial charge on any atom is 0.0305 e. The number of hydrogen-bond donors (Lipinski definition) is 0. The van der Waals surface area contributed by atoms with Crippen molar-refractivity contribution in [1.29, 1.82) is 0 Å². The maximum atomic E-state index is 4.42. The van der Waals surface area contributed by atoms with E-state index in [0.717, 1.165) is 0 Å². The van der Waals surface area contributed by atoms with Crippen molar-refractivity contribution in [2.24, 2.45) is 0 Å². The number of rotatable bonds is 5. The number of aromatic nitrogens is 1. The molecule has 1 rings (SSSR count). The van der Waals surface area contributed by atoms with Crippen LogP contribution in [-0.4, -0.2) is 4.98 Å². The summed E-state index contributed by atoms with van der Waals surface area (Å²) < 4.78 is 0. The van der Waals surface area contributed by atoms with E-state index in [1.165, 1.54) is 30.4 Å². The van der Waals surface area contributed by atoms with Crippen LogP contribution < -0.4 is 0 Å². The summed E-state index contributed by atoms with van der Waals surface area (Å²) in [5, 5.41) is 0. The molecule has 0 saturated heterocycles. The number of hydrogen-bond acceptors (Lipinski definition) is 1. The monoisotopic (exact) mass is 219 g/mol. The lowest BCUT2D eigenvalue weighted by Gasteiger charge is -2.27. The fourth-order valence-electron chi connectivity index (χ4n) is 1.95. The van der Waals surface area contributed by atoms with Gasteiger partial charge in [0.25, 0.3) is 0 Å². The van der Waals surface area contributed by atoms with Crippen molar-refractivity contribution in [2.75, 3.05) is 0 Å². The molecule has 0 fully saturated rings. The Morgan fingerprint density at radius 3 is 2.31 bits per heavy atom. The maximum absolute atomic E-state index is 4.42. The molecular weight excluding hydrogens is 194 g/mol. The predicted molar refractivity (Wildman–Crippen MR) is 70.9 cm³/mol. The van der Waals surface area contributed by atoms with E-state index >= 15 is 0 Å². The first-order valence-corrected chi connectivity index (χ1v) is 6.52. The van der Waals surface area contributed by atoms with Gasteiger partial charge >= 0.3 is 0 Å². The van der Waals surface area contributed by atoms with Crippen molar-refractivity contribution in [2.45, 2.75) is 65.2 Å². The first kappa shape index (κ1) is 13.2. The first-order valence-electron chi connectivity index (χ1n) is 6.52. The average molecular weight is 219 g/mol. The third-order valence-corrected chi connectivity index (χ3v) is 4.20. The molecule has 90 valence electrons. The zero-order chi connectivity index (χ0) is 12.2. The Kier molecular flexibility index (Phi) is 4.52. The van der Waals surface area contributed by atoms with E-state index in [0.29, 0.717) is 5.92 Å². The number of nitrogens with zero attached hydrogens (tertiary/aromatic N) is 1. The van der Waals surface area contributed by atoms with Crippen molar-refractivity contribution in [3.8, 4) is 0 Å². The highest BCUT2D eigenvalue weighted by molar-refractivity contribution is 5.27. The van der Waals surface area contributed by atoms with Crippen LogP contribution in [0.15, 0.2) is 18.5 Å². The Morgan fingerprint density at radius 1 is 1.19 bits per heavy atom. The second-order valence-electron chi connectivity index (χ2n) is 5.08. The van der Waals surface area contributed by atoms with Crippen LogP contribution >= 0.6 is 0 Å². The normalized spacial score (nSPS) is 13.8. The zero-order valence-corrected chi connectivity index (χ0v) is 11.4. The molecule has 0 bridgehead atoms. The molecule has 1 aromatic rings. The lowest BCUT2D eigenvalue weighted by Crippen LogP contribution is -2.20. The molecule has 0 N–H and O–H groups in total. The van der Waals surface area contributed by atoms with Gasteiger partial charge in [0, 0.05) is 12.4 Å². The Morgan fingerprint density at radius 2 is 1.81 bits per heavy atom. The fourth-order valence-corrected chi connectivity index (χ4v) is 1.95. The molecule has 1 aromatic heterocycles. The summed E-state index contributed by atoms with van der Waals surface area (Å²) in [6.07, 6.45) is 7.59. The molecule has 0 radical (unpaired) electrons. The molecule has 16 heavy (non-hydrogen) atoms. The molecule has 1 heteroatoms. The molecule has 0 saturated carbocycles. The Labute approximate surface area is 100 Å². The van der Waals surface area contributed by atoms with E-state index < -0.39 is 0 Å². The van der Waals surface area contributed by atoms with Crippen LogP contribution in [0.1, 0.15) is 70.9 Å². The van der Waals surface area contributed by atoms with Gasteiger partial charge < -0.3 is 0 Å². The molecule has 1 atom stereocenters. The van der Waals surface area contributed by atoms with Gasteiger partial charge in [0.05, 0.1) is 0 Å². The molecule has 0 spiro atoms. The highest BCUT2D eigenvalue weighted by Gasteiger charge is 2.23. The van der Waals surface area contributed by atoms with Crippen molar-refractivity contribution in [3.05, 3.63) is 29.6 Å². The molecule has 1 heterocycles. The zero-order valence-electron chi connectivity index (χ0n) is 11.4. The molecule has 1 nitrogen and oxygen atoms in total. The molecule has 1 unspecified atom stereocenters. The van der Waals surface area contributed by atoms with Gasteiger partial charge in [-0.2, -0.15) is 0 Å². The van der Waals surface area contributed by atoms with E-state index in [9.17, 15) is 0 Å². The summed E-state index contributed by atoms with van der Waals surface area (Å²) in [5.74, 6) is 0.616. The van der Waals surface area contributed by atoms with E-state index in [1.54, 1.807) is 0 Å². The molecule has 0 amide bonds.